The number of amides is 1. The summed E-state index contributed by atoms with van der Waals surface area (Å²) >= 11 is 5.95. The molecule has 2 heterocycles. The lowest BCUT2D eigenvalue weighted by Crippen LogP contribution is -2.29. The maximum absolute atomic E-state index is 13.0. The van der Waals surface area contributed by atoms with Gasteiger partial charge in [0.2, 0.25) is 0 Å². The van der Waals surface area contributed by atoms with Crippen LogP contribution in [0.25, 0.3) is 5.76 Å². The number of pyridine rings is 1. The van der Waals surface area contributed by atoms with Crippen LogP contribution in [0.5, 0.6) is 0 Å². The number of rotatable bonds is 4. The van der Waals surface area contributed by atoms with Crippen LogP contribution >= 0.6 is 11.6 Å². The molecule has 0 radical (unpaired) electrons. The van der Waals surface area contributed by atoms with E-state index in [1.165, 1.54) is 4.90 Å². The van der Waals surface area contributed by atoms with E-state index in [1.807, 2.05) is 37.3 Å². The van der Waals surface area contributed by atoms with Gasteiger partial charge < -0.3 is 10.0 Å². The van der Waals surface area contributed by atoms with E-state index in [-0.39, 0.29) is 17.9 Å². The van der Waals surface area contributed by atoms with E-state index in [0.717, 1.165) is 16.7 Å². The Morgan fingerprint density at radius 1 is 1.07 bits per heavy atom. The third-order valence-corrected chi connectivity index (χ3v) is 5.38. The SMILES string of the molecule is Cc1ccc([C@H]2C(=C(O)c3ccc(Cl)cc3)C(=O)C(=O)N2Cc2cccnc2)cc1. The highest BCUT2D eigenvalue weighted by molar-refractivity contribution is 6.46. The molecule has 4 rings (SSSR count). The Kier molecular flexibility index (Phi) is 5.38. The molecule has 0 aliphatic carbocycles. The number of Topliss-reactive ketones (excluding diaryl/α,β-unsaturated/α-hetero) is 1. The van der Waals surface area contributed by atoms with Crippen LogP contribution in [0.3, 0.4) is 0 Å². The monoisotopic (exact) mass is 418 g/mol. The number of carbonyl (C=O) groups excluding carboxylic acids is 2. The summed E-state index contributed by atoms with van der Waals surface area (Å²) in [5, 5.41) is 11.5. The van der Waals surface area contributed by atoms with Gasteiger partial charge in [-0.15, -0.1) is 0 Å². The molecule has 0 bridgehead atoms. The van der Waals surface area contributed by atoms with E-state index in [9.17, 15) is 14.7 Å². The van der Waals surface area contributed by atoms with Gasteiger partial charge in [0.25, 0.3) is 11.7 Å². The third-order valence-electron chi connectivity index (χ3n) is 5.13. The molecule has 1 saturated heterocycles. The zero-order chi connectivity index (χ0) is 21.3. The first-order valence-corrected chi connectivity index (χ1v) is 9.83. The van der Waals surface area contributed by atoms with Crippen LogP contribution in [0.4, 0.5) is 0 Å². The van der Waals surface area contributed by atoms with E-state index < -0.39 is 17.7 Å². The van der Waals surface area contributed by atoms with E-state index in [4.69, 9.17) is 11.6 Å². The summed E-state index contributed by atoms with van der Waals surface area (Å²) in [4.78, 5) is 31.5. The fourth-order valence-corrected chi connectivity index (χ4v) is 3.72. The average molecular weight is 419 g/mol. The topological polar surface area (TPSA) is 70.5 Å². The van der Waals surface area contributed by atoms with Crippen LogP contribution in [0.2, 0.25) is 5.02 Å². The smallest absolute Gasteiger partial charge is 0.295 e. The van der Waals surface area contributed by atoms with E-state index >= 15 is 0 Å². The van der Waals surface area contributed by atoms with Crippen molar-refractivity contribution >= 4 is 29.1 Å². The highest BCUT2D eigenvalue weighted by atomic mass is 35.5. The van der Waals surface area contributed by atoms with Gasteiger partial charge in [-0.1, -0.05) is 47.5 Å². The summed E-state index contributed by atoms with van der Waals surface area (Å²) < 4.78 is 0. The predicted molar refractivity (Wildman–Crippen MR) is 115 cm³/mol. The van der Waals surface area contributed by atoms with Gasteiger partial charge in [-0.05, 0) is 48.4 Å². The molecule has 0 unspecified atom stereocenters. The van der Waals surface area contributed by atoms with Crippen molar-refractivity contribution in [3.05, 3.63) is 106 Å². The summed E-state index contributed by atoms with van der Waals surface area (Å²) in [5.74, 6) is -1.58. The number of aliphatic hydroxyl groups is 1. The van der Waals surface area contributed by atoms with Gasteiger partial charge in [0.1, 0.15) is 5.76 Å². The highest BCUT2D eigenvalue weighted by Gasteiger charge is 2.46. The zero-order valence-corrected chi connectivity index (χ0v) is 17.0. The van der Waals surface area contributed by atoms with Gasteiger partial charge in [0, 0.05) is 29.5 Å². The summed E-state index contributed by atoms with van der Waals surface area (Å²) in [6, 6.07) is 17.0. The fraction of sp³-hybridized carbons (Fsp3) is 0.125. The van der Waals surface area contributed by atoms with Crippen molar-refractivity contribution in [2.24, 2.45) is 0 Å². The maximum Gasteiger partial charge on any atom is 0.295 e. The molecule has 1 aliphatic rings. The lowest BCUT2D eigenvalue weighted by molar-refractivity contribution is -0.140. The normalized spacial score (nSPS) is 18.1. The highest BCUT2D eigenvalue weighted by Crippen LogP contribution is 2.40. The number of carbonyl (C=O) groups is 2. The molecule has 30 heavy (non-hydrogen) atoms. The fourth-order valence-electron chi connectivity index (χ4n) is 3.59. The minimum atomic E-state index is -0.711. The molecular weight excluding hydrogens is 400 g/mol. The van der Waals surface area contributed by atoms with Crippen molar-refractivity contribution in [2.45, 2.75) is 19.5 Å². The number of nitrogens with zero attached hydrogens (tertiary/aromatic N) is 2. The summed E-state index contributed by atoms with van der Waals surface area (Å²) in [5.41, 5.74) is 3.09. The molecule has 6 heteroatoms. The Morgan fingerprint density at radius 3 is 2.40 bits per heavy atom. The van der Waals surface area contributed by atoms with Gasteiger partial charge >= 0.3 is 0 Å². The van der Waals surface area contributed by atoms with Crippen LogP contribution in [0.15, 0.2) is 78.6 Å². The number of ketones is 1. The average Bonchev–Trinajstić information content (AvgIpc) is 3.00. The van der Waals surface area contributed by atoms with Gasteiger partial charge in [0.15, 0.2) is 0 Å². The van der Waals surface area contributed by atoms with Gasteiger partial charge in [0.05, 0.1) is 11.6 Å². The van der Waals surface area contributed by atoms with Gasteiger partial charge in [-0.2, -0.15) is 0 Å². The number of hydrogen-bond donors (Lipinski definition) is 1. The van der Waals surface area contributed by atoms with E-state index in [0.29, 0.717) is 10.6 Å². The van der Waals surface area contributed by atoms with Gasteiger partial charge in [-0.25, -0.2) is 0 Å². The first kappa shape index (κ1) is 19.9. The largest absolute Gasteiger partial charge is 0.507 e. The molecule has 1 amide bonds. The van der Waals surface area contributed by atoms with Gasteiger partial charge in [-0.3, -0.25) is 14.6 Å². The standard InChI is InChI=1S/C24H19ClN2O3/c1-15-4-6-17(7-5-15)21-20(22(28)18-8-10-19(25)11-9-18)23(29)24(30)27(21)14-16-3-2-12-26-13-16/h2-13,21,28H,14H2,1H3/t21-/m0/s1. The van der Waals surface area contributed by atoms with Crippen molar-refractivity contribution in [1.82, 2.24) is 9.88 Å². The number of hydrogen-bond acceptors (Lipinski definition) is 4. The molecule has 2 aromatic carbocycles. The molecule has 1 atom stereocenters. The van der Waals surface area contributed by atoms with Crippen LogP contribution in [0, 0.1) is 6.92 Å². The Morgan fingerprint density at radius 2 is 1.77 bits per heavy atom. The quantitative estimate of drug-likeness (QED) is 0.380. The first-order valence-electron chi connectivity index (χ1n) is 9.45. The molecule has 1 aliphatic heterocycles. The Labute approximate surface area is 179 Å². The second kappa shape index (κ2) is 8.13. The van der Waals surface area contributed by atoms with Crippen molar-refractivity contribution in [1.29, 1.82) is 0 Å². The van der Waals surface area contributed by atoms with Crippen LogP contribution in [-0.4, -0.2) is 26.7 Å². The number of aromatic nitrogens is 1. The number of benzene rings is 2. The zero-order valence-electron chi connectivity index (χ0n) is 16.2. The Bertz CT molecular complexity index is 1120. The summed E-state index contributed by atoms with van der Waals surface area (Å²) in [7, 11) is 0. The lowest BCUT2D eigenvalue weighted by atomic mass is 9.94. The van der Waals surface area contributed by atoms with Crippen molar-refractivity contribution < 1.29 is 14.7 Å². The molecule has 1 N–H and O–H groups in total. The summed E-state index contributed by atoms with van der Waals surface area (Å²) in [6.07, 6.45) is 3.31. The minimum Gasteiger partial charge on any atom is -0.507 e. The lowest BCUT2D eigenvalue weighted by Gasteiger charge is -2.25. The van der Waals surface area contributed by atoms with Crippen LogP contribution in [-0.2, 0) is 16.1 Å². The van der Waals surface area contributed by atoms with E-state index in [2.05, 4.69) is 4.98 Å². The molecule has 1 fully saturated rings. The molecule has 3 aromatic rings. The third kappa shape index (κ3) is 3.72. The molecule has 0 spiro atoms. The Balaban J connectivity index is 1.85. The van der Waals surface area contributed by atoms with Crippen molar-refractivity contribution in [2.75, 3.05) is 0 Å². The minimum absolute atomic E-state index is 0.0649. The van der Waals surface area contributed by atoms with Crippen LogP contribution < -0.4 is 0 Å². The van der Waals surface area contributed by atoms with E-state index in [1.54, 1.807) is 42.7 Å². The molecule has 150 valence electrons. The number of aryl methyl sites for hydroxylation is 1. The second-order valence-electron chi connectivity index (χ2n) is 7.21. The number of likely N-dealkylation sites (tertiary alicyclic amines) is 1. The molecule has 1 aromatic heterocycles. The first-order chi connectivity index (χ1) is 14.5. The number of halogens is 1. The van der Waals surface area contributed by atoms with Crippen molar-refractivity contribution in [3.63, 3.8) is 0 Å². The van der Waals surface area contributed by atoms with Crippen molar-refractivity contribution in [3.8, 4) is 0 Å². The number of aliphatic hydroxyl groups excluding tert-OH is 1. The van der Waals surface area contributed by atoms with Crippen LogP contribution in [0.1, 0.15) is 28.3 Å². The predicted octanol–water partition coefficient (Wildman–Crippen LogP) is 4.67. The molecule has 0 saturated carbocycles. The molecule has 5 nitrogen and oxygen atoms in total. The second-order valence-corrected chi connectivity index (χ2v) is 7.64. The maximum atomic E-state index is 13.0. The summed E-state index contributed by atoms with van der Waals surface area (Å²) in [6.45, 7) is 2.17. The Hall–Kier alpha value is -3.44. The molecular formula is C24H19ClN2O3.